The van der Waals surface area contributed by atoms with Gasteiger partial charge in [0.1, 0.15) is 5.41 Å². The largest absolute Gasteiger partial charge is 0.481 e. The maximum absolute atomic E-state index is 12.6. The van der Waals surface area contributed by atoms with Crippen LogP contribution in [0.15, 0.2) is 85.2 Å². The van der Waals surface area contributed by atoms with Gasteiger partial charge in [0, 0.05) is 23.6 Å². The van der Waals surface area contributed by atoms with E-state index in [4.69, 9.17) is 4.84 Å². The van der Waals surface area contributed by atoms with Gasteiger partial charge in [0.2, 0.25) is 0 Å². The molecule has 2 heterocycles. The minimum atomic E-state index is -1.35. The van der Waals surface area contributed by atoms with Crippen LogP contribution in [0.25, 0.3) is 5.70 Å². The van der Waals surface area contributed by atoms with Crippen LogP contribution in [0.2, 0.25) is 0 Å². The van der Waals surface area contributed by atoms with E-state index in [9.17, 15) is 20.0 Å². The molecule has 164 valence electrons. The van der Waals surface area contributed by atoms with Gasteiger partial charge in [-0.3, -0.25) is 24.9 Å². The minimum Gasteiger partial charge on any atom is -0.481 e. The quantitative estimate of drug-likeness (QED) is 0.515. The lowest BCUT2D eigenvalue weighted by atomic mass is 9.73. The molecule has 2 aromatic carbocycles. The van der Waals surface area contributed by atoms with E-state index in [0.717, 1.165) is 5.56 Å². The molecular formula is C25H20N4O4. The van der Waals surface area contributed by atoms with E-state index in [2.05, 4.69) is 21.9 Å². The highest BCUT2D eigenvalue weighted by Crippen LogP contribution is 2.36. The van der Waals surface area contributed by atoms with Crippen molar-refractivity contribution in [1.29, 1.82) is 5.26 Å². The summed E-state index contributed by atoms with van der Waals surface area (Å²) in [5, 5.41) is 22.2. The highest BCUT2D eigenvalue weighted by Gasteiger charge is 2.37. The predicted octanol–water partition coefficient (Wildman–Crippen LogP) is 3.25. The van der Waals surface area contributed by atoms with Crippen molar-refractivity contribution in [3.63, 3.8) is 0 Å². The molecule has 33 heavy (non-hydrogen) atoms. The number of amides is 1. The van der Waals surface area contributed by atoms with Crippen LogP contribution in [-0.4, -0.2) is 28.1 Å². The van der Waals surface area contributed by atoms with E-state index in [0.29, 0.717) is 22.5 Å². The number of carbonyl (C=O) groups excluding carboxylic acids is 1. The molecule has 1 aliphatic heterocycles. The molecule has 8 nitrogen and oxygen atoms in total. The number of hydroxylamine groups is 1. The lowest BCUT2D eigenvalue weighted by molar-refractivity contribution is -0.137. The van der Waals surface area contributed by atoms with E-state index < -0.39 is 17.5 Å². The number of hydrogen-bond acceptors (Lipinski definition) is 6. The Morgan fingerprint density at radius 3 is 2.45 bits per heavy atom. The SMILES string of the molecule is N#CC(CC(=O)O)(c1ccccc1)c1ccc(NC(=O)C2C=C(c3cccnc3)NO2)cc1. The maximum atomic E-state index is 12.6. The highest BCUT2D eigenvalue weighted by atomic mass is 16.7. The summed E-state index contributed by atoms with van der Waals surface area (Å²) in [7, 11) is 0. The molecule has 0 fully saturated rings. The summed E-state index contributed by atoms with van der Waals surface area (Å²) in [6, 6.07) is 21.2. The standard InChI is InChI=1S/C25H20N4O4/c26-16-25(14-23(30)31,18-6-2-1-3-7-18)19-8-10-20(11-9-19)28-24(32)22-13-21(29-33-22)17-5-4-12-27-15-17/h1-13,15,22,29H,14H2,(H,28,32)(H,30,31). The molecule has 4 rings (SSSR count). The van der Waals surface area contributed by atoms with Crippen LogP contribution in [-0.2, 0) is 19.8 Å². The number of carboxylic acid groups (broad SMARTS) is 1. The number of pyridine rings is 1. The molecule has 0 aliphatic carbocycles. The summed E-state index contributed by atoms with van der Waals surface area (Å²) in [6.07, 6.45) is 3.75. The number of nitrogens with zero attached hydrogens (tertiary/aromatic N) is 2. The first kappa shape index (κ1) is 21.7. The van der Waals surface area contributed by atoms with Gasteiger partial charge >= 0.3 is 5.97 Å². The van der Waals surface area contributed by atoms with Crippen LogP contribution >= 0.6 is 0 Å². The van der Waals surface area contributed by atoms with Gasteiger partial charge in [0.15, 0.2) is 6.10 Å². The third-order valence-electron chi connectivity index (χ3n) is 5.36. The fraction of sp³-hybridized carbons (Fsp3) is 0.120. The third-order valence-corrected chi connectivity index (χ3v) is 5.36. The van der Waals surface area contributed by atoms with Gasteiger partial charge in [-0.15, -0.1) is 0 Å². The van der Waals surface area contributed by atoms with Crippen LogP contribution in [0.5, 0.6) is 0 Å². The van der Waals surface area contributed by atoms with Crippen molar-refractivity contribution < 1.29 is 19.5 Å². The van der Waals surface area contributed by atoms with E-state index in [1.54, 1.807) is 79.1 Å². The van der Waals surface area contributed by atoms with Crippen molar-refractivity contribution >= 4 is 23.3 Å². The second-order valence-corrected chi connectivity index (χ2v) is 7.48. The molecule has 0 bridgehead atoms. The van der Waals surface area contributed by atoms with Crippen LogP contribution in [0.1, 0.15) is 23.1 Å². The third kappa shape index (κ3) is 4.59. The van der Waals surface area contributed by atoms with Gasteiger partial charge in [0.05, 0.1) is 18.2 Å². The molecule has 2 atom stereocenters. The summed E-state index contributed by atoms with van der Waals surface area (Å²) < 4.78 is 0. The monoisotopic (exact) mass is 440 g/mol. The molecule has 1 amide bonds. The Bertz CT molecular complexity index is 1220. The van der Waals surface area contributed by atoms with Crippen LogP contribution in [0.3, 0.4) is 0 Å². The second kappa shape index (κ2) is 9.34. The van der Waals surface area contributed by atoms with Crippen LogP contribution in [0.4, 0.5) is 5.69 Å². The Balaban J connectivity index is 1.53. The number of anilines is 1. The number of hydrogen-bond donors (Lipinski definition) is 3. The second-order valence-electron chi connectivity index (χ2n) is 7.48. The van der Waals surface area contributed by atoms with E-state index in [1.807, 2.05) is 6.07 Å². The Morgan fingerprint density at radius 2 is 1.82 bits per heavy atom. The molecular weight excluding hydrogens is 420 g/mol. The zero-order valence-corrected chi connectivity index (χ0v) is 17.4. The molecule has 8 heteroatoms. The Hall–Kier alpha value is -4.48. The van der Waals surface area contributed by atoms with Gasteiger partial charge in [0.25, 0.3) is 5.91 Å². The first-order chi connectivity index (χ1) is 16.0. The first-order valence-corrected chi connectivity index (χ1v) is 10.2. The summed E-state index contributed by atoms with van der Waals surface area (Å²) in [6.45, 7) is 0. The average molecular weight is 440 g/mol. The molecule has 0 radical (unpaired) electrons. The lowest BCUT2D eigenvalue weighted by Gasteiger charge is -2.26. The molecule has 0 saturated heterocycles. The van der Waals surface area contributed by atoms with Crippen molar-refractivity contribution in [3.05, 3.63) is 102 Å². The Labute approximate surface area is 190 Å². The smallest absolute Gasteiger partial charge is 0.305 e. The normalized spacial score (nSPS) is 16.6. The number of carboxylic acids is 1. The van der Waals surface area contributed by atoms with Gasteiger partial charge in [-0.2, -0.15) is 5.26 Å². The summed E-state index contributed by atoms with van der Waals surface area (Å²) in [4.78, 5) is 33.6. The number of aromatic nitrogens is 1. The number of rotatable bonds is 7. The predicted molar refractivity (Wildman–Crippen MR) is 120 cm³/mol. The van der Waals surface area contributed by atoms with Crippen molar-refractivity contribution in [3.8, 4) is 6.07 Å². The number of nitrogens with one attached hydrogen (secondary N) is 2. The van der Waals surface area contributed by atoms with Crippen molar-refractivity contribution in [2.24, 2.45) is 0 Å². The fourth-order valence-corrected chi connectivity index (χ4v) is 3.69. The zero-order chi connectivity index (χ0) is 23.3. The molecule has 0 saturated carbocycles. The topological polar surface area (TPSA) is 124 Å². The van der Waals surface area contributed by atoms with Gasteiger partial charge in [-0.25, -0.2) is 0 Å². The Kier molecular flexibility index (Phi) is 6.15. The summed E-state index contributed by atoms with van der Waals surface area (Å²) >= 11 is 0. The fourth-order valence-electron chi connectivity index (χ4n) is 3.69. The molecule has 3 aromatic rings. The number of aliphatic carboxylic acids is 1. The molecule has 0 spiro atoms. The Morgan fingerprint density at radius 1 is 1.09 bits per heavy atom. The van der Waals surface area contributed by atoms with Crippen LogP contribution < -0.4 is 10.8 Å². The molecule has 3 N–H and O–H groups in total. The van der Waals surface area contributed by atoms with Gasteiger partial charge in [-0.1, -0.05) is 42.5 Å². The first-order valence-electron chi connectivity index (χ1n) is 10.2. The summed E-state index contributed by atoms with van der Waals surface area (Å²) in [5.41, 5.74) is 4.42. The number of nitriles is 1. The van der Waals surface area contributed by atoms with Crippen molar-refractivity contribution in [1.82, 2.24) is 10.5 Å². The van der Waals surface area contributed by atoms with Crippen molar-refractivity contribution in [2.75, 3.05) is 5.32 Å². The highest BCUT2D eigenvalue weighted by molar-refractivity contribution is 5.97. The number of carbonyl (C=O) groups is 2. The zero-order valence-electron chi connectivity index (χ0n) is 17.4. The maximum Gasteiger partial charge on any atom is 0.305 e. The lowest BCUT2D eigenvalue weighted by Crippen LogP contribution is -2.30. The number of benzene rings is 2. The summed E-state index contributed by atoms with van der Waals surface area (Å²) in [5.74, 6) is -1.46. The average Bonchev–Trinajstić information content (AvgIpc) is 3.35. The van der Waals surface area contributed by atoms with Gasteiger partial charge < -0.3 is 10.4 Å². The van der Waals surface area contributed by atoms with E-state index in [1.165, 1.54) is 0 Å². The molecule has 1 aromatic heterocycles. The minimum absolute atomic E-state index is 0.380. The van der Waals surface area contributed by atoms with Gasteiger partial charge in [-0.05, 0) is 41.5 Å². The van der Waals surface area contributed by atoms with E-state index >= 15 is 0 Å². The molecule has 1 aliphatic rings. The van der Waals surface area contributed by atoms with Crippen LogP contribution in [0, 0.1) is 11.3 Å². The van der Waals surface area contributed by atoms with Crippen molar-refractivity contribution in [2.45, 2.75) is 17.9 Å². The van der Waals surface area contributed by atoms with E-state index in [-0.39, 0.29) is 12.3 Å². The molecule has 2 unspecified atom stereocenters.